The third-order valence-electron chi connectivity index (χ3n) is 30.1. The summed E-state index contributed by atoms with van der Waals surface area (Å²) in [5.41, 5.74) is 5.44. The van der Waals surface area contributed by atoms with Crippen molar-refractivity contribution >= 4 is 168 Å². The molecule has 6 aromatic rings. The summed E-state index contributed by atoms with van der Waals surface area (Å²) in [4.78, 5) is 142. The lowest BCUT2D eigenvalue weighted by atomic mass is 9.81. The Morgan fingerprint density at radius 1 is 0.423 bits per heavy atom. The van der Waals surface area contributed by atoms with Crippen molar-refractivity contribution in [2.45, 2.75) is 263 Å². The highest BCUT2D eigenvalue weighted by molar-refractivity contribution is 8.18. The molecule has 18 rings (SSSR count). The van der Waals surface area contributed by atoms with Crippen LogP contribution in [-0.2, 0) is 54.9 Å². The molecule has 26 nitrogen and oxygen atoms in total. The first-order chi connectivity index (χ1) is 70.3. The maximum Gasteiger partial charge on any atom is 0.407 e. The summed E-state index contributed by atoms with van der Waals surface area (Å²) >= 11 is 41.7. The monoisotopic (exact) mass is 2220 g/mol. The third kappa shape index (κ3) is 23.7. The number of allylic oxidation sites excluding steroid dienone is 3. The van der Waals surface area contributed by atoms with E-state index in [-0.39, 0.29) is 121 Å². The number of alkyl carbamates (subject to hydrolysis) is 2. The Morgan fingerprint density at radius 2 is 0.711 bits per heavy atom. The van der Waals surface area contributed by atoms with Crippen LogP contribution in [0.4, 0.5) is 22.8 Å². The molecule has 4 N–H and O–H groups in total. The molecule has 802 valence electrons. The number of carbonyl (C=O) groups excluding carboxylic acids is 7. The van der Waals surface area contributed by atoms with Gasteiger partial charge in [-0.3, -0.25) is 37.1 Å². The van der Waals surface area contributed by atoms with Crippen molar-refractivity contribution in [3.05, 3.63) is 241 Å². The van der Waals surface area contributed by atoms with E-state index in [2.05, 4.69) is 93.0 Å². The molecule has 12 aliphatic heterocycles. The topological polar surface area (TPSA) is 278 Å². The first kappa shape index (κ1) is 114. The Balaban J connectivity index is 0.000000157. The minimum absolute atomic E-state index is 0.00155. The molecule has 0 spiro atoms. The molecule has 0 bridgehead atoms. The standard InChI is InChI=1S/C38H46Cl2FN5O4S.C35H42Cl2FN5O2S.C28H29Cl2N3O3S.C10H19FN2O2/c1-21(2)30-31(51-35-43-38(7,25-11-15-27(40)16-12-25)32(46(30)35)23-9-13-26(39)14-10-23)34(48)45-22(3)8-17-29(45)33(47)44-19-24(18-41)28(20-44)42-36(49)50-37(4,5)6;1-20(2)29-30(33(45)42-21(3)7-16-27(42)32(44)41-18-23(17-38)28(19-41)40(5)6)46-34-39-35(4,24-10-14-26(37)15-11-24)31(43(29)34)22-8-12-25(36)13-9-22;1-15(2)22-23(25(34)32-16(3)5-14-21(32)26(35)36)37-27-31-28(4,18-8-12-20(30)13-9-18)24(33(22)27)17-6-10-19(29)11-7-17;1-10(2,3)15-9(14)13-8-6-12-5-7(8)4-11/h9-16,21-22,24,28-29,32H,8,17-20H2,1-7H3,(H,42,49);8-15,20-21,23,27-28,31H,7,16-19H2,1-6H3;6-13,15-16,21,24H,5,14H2,1-4H3,(H,35,36);7-8,12H,4-6H2,1-3H3,(H,13,14)/t22-,24-,28+,29+,32-,38+;21-,23-,27+,28+,31-,35+;16-,21+,24-,28+;7-,8?/m1111/s1. The first-order valence-electron chi connectivity index (χ1n) is 51.1. The molecular weight excluding hydrogens is 2090 g/mol. The Hall–Kier alpha value is -9.19. The number of likely N-dealkylation sites (N-methyl/N-ethyl adjacent to an activating group) is 1. The van der Waals surface area contributed by atoms with Crippen LogP contribution in [0.5, 0.6) is 0 Å². The highest BCUT2D eigenvalue weighted by Gasteiger charge is 2.60. The van der Waals surface area contributed by atoms with E-state index in [4.69, 9.17) is 94.1 Å². The zero-order chi connectivity index (χ0) is 108. The predicted molar refractivity (Wildman–Crippen MR) is 589 cm³/mol. The number of amidine groups is 3. The molecule has 6 aromatic carbocycles. The van der Waals surface area contributed by atoms with E-state index >= 15 is 0 Å². The summed E-state index contributed by atoms with van der Waals surface area (Å²) in [5.74, 6) is -2.85. The number of hydrogen-bond acceptors (Lipinski definition) is 21. The maximum absolute atomic E-state index is 14.8. The highest BCUT2D eigenvalue weighted by atomic mass is 35.5. The van der Waals surface area contributed by atoms with Crippen LogP contribution in [-0.4, -0.2) is 251 Å². The Morgan fingerprint density at radius 3 is 1.00 bits per heavy atom. The van der Waals surface area contributed by atoms with E-state index in [1.165, 1.54) is 35.3 Å². The van der Waals surface area contributed by atoms with Crippen LogP contribution in [0.25, 0.3) is 0 Å². The van der Waals surface area contributed by atoms with Crippen molar-refractivity contribution < 1.29 is 66.1 Å². The van der Waals surface area contributed by atoms with E-state index in [1.807, 2.05) is 185 Å². The number of hydrogen-bond donors (Lipinski definition) is 4. The van der Waals surface area contributed by atoms with E-state index < -0.39 is 96.1 Å². The minimum Gasteiger partial charge on any atom is -0.480 e. The van der Waals surface area contributed by atoms with Gasteiger partial charge in [0, 0.05) is 128 Å². The van der Waals surface area contributed by atoms with Gasteiger partial charge in [0.05, 0.1) is 50.2 Å². The largest absolute Gasteiger partial charge is 0.480 e. The summed E-state index contributed by atoms with van der Waals surface area (Å²) in [7, 11) is 3.85. The maximum atomic E-state index is 14.8. The summed E-state index contributed by atoms with van der Waals surface area (Å²) in [6, 6.07) is 42.5. The van der Waals surface area contributed by atoms with Crippen LogP contribution in [0.3, 0.4) is 0 Å². The molecule has 0 saturated carbocycles. The van der Waals surface area contributed by atoms with Gasteiger partial charge < -0.3 is 74.6 Å². The number of nitrogens with one attached hydrogen (secondary N) is 3. The number of alkyl halides is 3. The summed E-state index contributed by atoms with van der Waals surface area (Å²) in [6.07, 6.45) is 2.49. The van der Waals surface area contributed by atoms with Crippen LogP contribution in [0, 0.1) is 35.5 Å². The van der Waals surface area contributed by atoms with Crippen molar-refractivity contribution in [1.29, 1.82) is 0 Å². The van der Waals surface area contributed by atoms with Gasteiger partial charge in [0.25, 0.3) is 17.7 Å². The number of rotatable bonds is 21. The van der Waals surface area contributed by atoms with Gasteiger partial charge in [0.15, 0.2) is 15.5 Å². The van der Waals surface area contributed by atoms with Gasteiger partial charge in [0.2, 0.25) is 11.8 Å². The van der Waals surface area contributed by atoms with E-state index in [0.717, 1.165) is 72.4 Å². The number of aliphatic carboxylic acids is 1. The Bertz CT molecular complexity index is 6200. The number of benzene rings is 6. The second kappa shape index (κ2) is 46.2. The van der Waals surface area contributed by atoms with Crippen molar-refractivity contribution in [3.63, 3.8) is 0 Å². The second-order valence-corrected chi connectivity index (χ2v) is 49.8. The molecular formula is C111H136Cl6F3N15O11S3. The molecule has 0 radical (unpaired) electrons. The van der Waals surface area contributed by atoms with Crippen LogP contribution in [0.2, 0.25) is 30.1 Å². The lowest BCUT2D eigenvalue weighted by Gasteiger charge is -2.37. The Kier molecular flexibility index (Phi) is 35.3. The predicted octanol–water partition coefficient (Wildman–Crippen LogP) is 22.7. The Labute approximate surface area is 915 Å². The van der Waals surface area contributed by atoms with Gasteiger partial charge in [-0.05, 0) is 295 Å². The molecule has 18 atom stereocenters. The average molecular weight is 2220 g/mol. The fraction of sp³-hybridized carbons (Fsp3) is 0.523. The number of aliphatic imine (C=N–C) groups is 3. The van der Waals surface area contributed by atoms with E-state index in [1.54, 1.807) is 66.0 Å². The summed E-state index contributed by atoms with van der Waals surface area (Å²) in [5, 5.41) is 24.3. The number of carboxylic acid groups (broad SMARTS) is 1. The molecule has 12 heterocycles. The van der Waals surface area contributed by atoms with E-state index in [0.29, 0.717) is 103 Å². The van der Waals surface area contributed by atoms with Gasteiger partial charge in [-0.15, -0.1) is 0 Å². The molecule has 38 heteroatoms. The highest BCUT2D eigenvalue weighted by Crippen LogP contribution is 2.61. The zero-order valence-electron chi connectivity index (χ0n) is 87.9. The smallest absolute Gasteiger partial charge is 0.407 e. The first-order valence-corrected chi connectivity index (χ1v) is 55.8. The fourth-order valence-electron chi connectivity index (χ4n) is 22.8. The number of carboxylic acids is 1. The normalized spacial score (nSPS) is 28.0. The van der Waals surface area contributed by atoms with Crippen LogP contribution in [0.1, 0.15) is 215 Å². The number of likely N-dealkylation sites (tertiary alicyclic amines) is 5. The lowest BCUT2D eigenvalue weighted by Crippen LogP contribution is -2.50. The number of halogens is 9. The van der Waals surface area contributed by atoms with Gasteiger partial charge >= 0.3 is 18.2 Å². The van der Waals surface area contributed by atoms with Crippen molar-refractivity contribution in [1.82, 2.24) is 60.0 Å². The van der Waals surface area contributed by atoms with Gasteiger partial charge in [-0.2, -0.15) is 0 Å². The van der Waals surface area contributed by atoms with Gasteiger partial charge in [-0.25, -0.2) is 29.4 Å². The summed E-state index contributed by atoms with van der Waals surface area (Å²) < 4.78 is 51.1. The van der Waals surface area contributed by atoms with Crippen LogP contribution in [0.15, 0.2) is 192 Å². The second-order valence-electron chi connectivity index (χ2n) is 44.3. The minimum atomic E-state index is -0.959. The number of thioether (sulfide) groups is 3. The number of fused-ring (bicyclic) bond motifs is 3. The molecule has 0 aliphatic carbocycles. The molecule has 7 amide bonds. The number of nitrogens with zero attached hydrogens (tertiary/aromatic N) is 12. The zero-order valence-corrected chi connectivity index (χ0v) is 94.9. The summed E-state index contributed by atoms with van der Waals surface area (Å²) in [6.45, 7) is 36.1. The lowest BCUT2D eigenvalue weighted by molar-refractivity contribution is -0.147. The average Bonchev–Trinajstić information content (AvgIpc) is 1.56. The van der Waals surface area contributed by atoms with Crippen molar-refractivity contribution in [2.24, 2.45) is 50.5 Å². The van der Waals surface area contributed by atoms with Crippen LogP contribution < -0.4 is 16.0 Å². The molecule has 6 saturated heterocycles. The third-order valence-corrected chi connectivity index (χ3v) is 34.8. The number of carbonyl (C=O) groups is 8. The molecule has 149 heavy (non-hydrogen) atoms. The number of ether oxygens (including phenoxy) is 2. The molecule has 1 unspecified atom stereocenters. The molecule has 0 aromatic heterocycles. The SMILES string of the molecule is CC(C)(C)OC(=O)NC1CNC[C@H]1CF.CC(C)C1=C(C(=O)N2[C@H](C)CC[C@H]2C(=O)N2C[C@@H](CF)[C@@H](N(C)C)C2)SC2=N[C@@](C)(c3ccc(Cl)cc3)[C@@H](c3ccc(Cl)cc3)N21.CC(C)C1=C(C(=O)N2[C@H](C)CC[C@H]2C(=O)N2C[C@@H](CF)[C@@H](NC(=O)OC(C)(C)C)C2)SC2=N[C@@](C)(c3ccc(Cl)cc3)[C@@H](c3ccc(Cl)cc3)N21.CC(C)C1=C(C(=O)N2[C@H](C)CC[C@H]2C(=O)O)SC2=N[C@@](C)(c3ccc(Cl)cc3)[C@@H](c3ccc(Cl)cc3)N21. The van der Waals surface area contributed by atoms with Crippen molar-refractivity contribution in [2.75, 3.05) is 73.4 Å². The fourth-order valence-corrected chi connectivity index (χ4v) is 27.6. The molecule has 6 fully saturated rings. The van der Waals surface area contributed by atoms with Crippen LogP contribution >= 0.6 is 105 Å². The van der Waals surface area contributed by atoms with E-state index in [9.17, 15) is 56.6 Å². The van der Waals surface area contributed by atoms with Gasteiger partial charge in [0.1, 0.15) is 60.7 Å². The number of amides is 7. The van der Waals surface area contributed by atoms with Gasteiger partial charge in [-0.1, -0.05) is 184 Å². The van der Waals surface area contributed by atoms with Crippen molar-refractivity contribution in [3.8, 4) is 0 Å². The quantitative estimate of drug-likeness (QED) is 0.0521. The molecule has 12 aliphatic rings.